The van der Waals surface area contributed by atoms with Crippen LogP contribution in [-0.2, 0) is 20.7 Å². The number of carbonyl (C=O) groups is 2. The van der Waals surface area contributed by atoms with Crippen molar-refractivity contribution in [1.29, 1.82) is 0 Å². The van der Waals surface area contributed by atoms with E-state index in [-0.39, 0.29) is 11.3 Å². The molecule has 0 bridgehead atoms. The first-order valence-electron chi connectivity index (χ1n) is 9.00. The summed E-state index contributed by atoms with van der Waals surface area (Å²) in [6, 6.07) is 11.4. The highest BCUT2D eigenvalue weighted by Crippen LogP contribution is 2.27. The molecule has 0 saturated heterocycles. The van der Waals surface area contributed by atoms with Crippen LogP contribution in [0.1, 0.15) is 11.1 Å². The number of esters is 1. The molecule has 30 heavy (non-hydrogen) atoms. The fourth-order valence-electron chi connectivity index (χ4n) is 2.57. The van der Waals surface area contributed by atoms with Crippen molar-refractivity contribution in [2.75, 3.05) is 27.4 Å². The molecule has 0 aromatic heterocycles. The van der Waals surface area contributed by atoms with E-state index in [9.17, 15) is 19.7 Å². The van der Waals surface area contributed by atoms with E-state index in [1.165, 1.54) is 24.3 Å². The molecule has 0 aliphatic carbocycles. The summed E-state index contributed by atoms with van der Waals surface area (Å²) in [4.78, 5) is 34.0. The van der Waals surface area contributed by atoms with E-state index in [1.54, 1.807) is 26.4 Å². The minimum Gasteiger partial charge on any atom is -0.493 e. The number of rotatable bonds is 10. The number of carbonyl (C=O) groups excluding carboxylic acids is 2. The van der Waals surface area contributed by atoms with Crippen molar-refractivity contribution < 1.29 is 28.7 Å². The van der Waals surface area contributed by atoms with Gasteiger partial charge < -0.3 is 19.5 Å². The van der Waals surface area contributed by atoms with Gasteiger partial charge in [0.25, 0.3) is 11.6 Å². The smallest absolute Gasteiger partial charge is 0.331 e. The van der Waals surface area contributed by atoms with E-state index < -0.39 is 23.4 Å². The van der Waals surface area contributed by atoms with Crippen LogP contribution in [0.15, 0.2) is 48.5 Å². The predicted octanol–water partition coefficient (Wildman–Crippen LogP) is 2.53. The minimum absolute atomic E-state index is 0.130. The summed E-state index contributed by atoms with van der Waals surface area (Å²) >= 11 is 0. The lowest BCUT2D eigenvalue weighted by atomic mass is 10.1. The molecule has 0 saturated carbocycles. The van der Waals surface area contributed by atoms with E-state index in [1.807, 2.05) is 12.1 Å². The Bertz CT molecular complexity index is 941. The third-order valence-corrected chi connectivity index (χ3v) is 4.06. The molecule has 1 N–H and O–H groups in total. The average molecular weight is 414 g/mol. The lowest BCUT2D eigenvalue weighted by Crippen LogP contribution is -2.30. The first-order valence-corrected chi connectivity index (χ1v) is 9.00. The molecule has 9 nitrogen and oxygen atoms in total. The zero-order valence-corrected chi connectivity index (χ0v) is 16.6. The van der Waals surface area contributed by atoms with Crippen LogP contribution in [-0.4, -0.2) is 44.2 Å². The number of nitrogens with one attached hydrogen (secondary N) is 1. The Labute approximate surface area is 173 Å². The van der Waals surface area contributed by atoms with Gasteiger partial charge in [0, 0.05) is 18.7 Å². The molecule has 2 aromatic carbocycles. The maximum Gasteiger partial charge on any atom is 0.331 e. The summed E-state index contributed by atoms with van der Waals surface area (Å²) in [7, 11) is 3.09. The fourth-order valence-corrected chi connectivity index (χ4v) is 2.57. The minimum atomic E-state index is -0.775. The van der Waals surface area contributed by atoms with Crippen LogP contribution in [0.3, 0.4) is 0 Å². The molecule has 0 spiro atoms. The van der Waals surface area contributed by atoms with Gasteiger partial charge in [-0.3, -0.25) is 14.9 Å². The van der Waals surface area contributed by atoms with Gasteiger partial charge in [0.05, 0.1) is 24.7 Å². The van der Waals surface area contributed by atoms with Crippen molar-refractivity contribution in [2.24, 2.45) is 0 Å². The number of amides is 1. The van der Waals surface area contributed by atoms with Crippen molar-refractivity contribution in [3.05, 3.63) is 69.8 Å². The van der Waals surface area contributed by atoms with Crippen LogP contribution in [0.5, 0.6) is 11.5 Å². The Kier molecular flexibility index (Phi) is 8.37. The zero-order valence-electron chi connectivity index (χ0n) is 16.6. The summed E-state index contributed by atoms with van der Waals surface area (Å²) in [6.07, 6.45) is 2.87. The van der Waals surface area contributed by atoms with Crippen LogP contribution < -0.4 is 14.8 Å². The second kappa shape index (κ2) is 11.2. The second-order valence-corrected chi connectivity index (χ2v) is 6.05. The Morgan fingerprint density at radius 2 is 1.83 bits per heavy atom. The van der Waals surface area contributed by atoms with Gasteiger partial charge in [-0.15, -0.1) is 0 Å². The summed E-state index contributed by atoms with van der Waals surface area (Å²) in [6.45, 7) is -0.107. The Balaban J connectivity index is 1.77. The molecular weight excluding hydrogens is 392 g/mol. The highest BCUT2D eigenvalue weighted by Gasteiger charge is 2.11. The van der Waals surface area contributed by atoms with Crippen molar-refractivity contribution in [2.45, 2.75) is 6.42 Å². The lowest BCUT2D eigenvalue weighted by molar-refractivity contribution is -0.385. The van der Waals surface area contributed by atoms with Crippen molar-refractivity contribution in [3.63, 3.8) is 0 Å². The van der Waals surface area contributed by atoms with Gasteiger partial charge >= 0.3 is 5.97 Å². The maximum atomic E-state index is 11.8. The number of para-hydroxylation sites is 1. The number of methoxy groups -OCH3 is 2. The van der Waals surface area contributed by atoms with Crippen LogP contribution in [0, 0.1) is 10.1 Å². The number of nitrogens with zero attached hydrogens (tertiary/aromatic N) is 1. The molecule has 0 aliphatic heterocycles. The van der Waals surface area contributed by atoms with Gasteiger partial charge in [-0.2, -0.15) is 0 Å². The van der Waals surface area contributed by atoms with Crippen molar-refractivity contribution in [3.8, 4) is 11.5 Å². The van der Waals surface area contributed by atoms with E-state index >= 15 is 0 Å². The van der Waals surface area contributed by atoms with Gasteiger partial charge in [0.2, 0.25) is 0 Å². The van der Waals surface area contributed by atoms with Crippen LogP contribution in [0.2, 0.25) is 0 Å². The van der Waals surface area contributed by atoms with E-state index in [0.29, 0.717) is 24.5 Å². The molecule has 9 heteroatoms. The Morgan fingerprint density at radius 3 is 2.53 bits per heavy atom. The fraction of sp³-hybridized carbons (Fsp3) is 0.238. The quantitative estimate of drug-likeness (QED) is 0.275. The third kappa shape index (κ3) is 6.62. The van der Waals surface area contributed by atoms with Crippen molar-refractivity contribution >= 4 is 23.6 Å². The number of nitro benzene ring substituents is 1. The summed E-state index contributed by atoms with van der Waals surface area (Å²) in [5, 5.41) is 13.6. The van der Waals surface area contributed by atoms with E-state index in [4.69, 9.17) is 14.2 Å². The van der Waals surface area contributed by atoms with Gasteiger partial charge in [0.15, 0.2) is 18.1 Å². The molecule has 0 atom stereocenters. The van der Waals surface area contributed by atoms with Gasteiger partial charge in [-0.25, -0.2) is 4.79 Å². The molecule has 2 aromatic rings. The van der Waals surface area contributed by atoms with Crippen molar-refractivity contribution in [1.82, 2.24) is 5.32 Å². The predicted molar refractivity (Wildman–Crippen MR) is 109 cm³/mol. The van der Waals surface area contributed by atoms with E-state index in [2.05, 4.69) is 5.32 Å². The first-order chi connectivity index (χ1) is 14.4. The molecule has 2 rings (SSSR count). The van der Waals surface area contributed by atoms with Gasteiger partial charge in [-0.05, 0) is 36.3 Å². The molecular formula is C21H22N2O7. The standard InChI is InChI=1S/C21H22N2O7/c1-28-18-9-7-15(13-19(18)29-2)11-12-22-20(24)14-30-21(25)10-8-16-5-3-4-6-17(16)23(26)27/h3-10,13H,11-12,14H2,1-2H3,(H,22,24)/b10-8+. The normalized spacial score (nSPS) is 10.5. The lowest BCUT2D eigenvalue weighted by Gasteiger charge is -2.10. The maximum absolute atomic E-state index is 11.8. The summed E-state index contributed by atoms with van der Waals surface area (Å²) < 4.78 is 15.3. The van der Waals surface area contributed by atoms with E-state index in [0.717, 1.165) is 11.6 Å². The highest BCUT2D eigenvalue weighted by atomic mass is 16.6. The Morgan fingerprint density at radius 1 is 1.10 bits per heavy atom. The largest absolute Gasteiger partial charge is 0.493 e. The highest BCUT2D eigenvalue weighted by molar-refractivity contribution is 5.89. The Hall–Kier alpha value is -3.88. The summed E-state index contributed by atoms with van der Waals surface area (Å²) in [5.74, 6) is -0.0158. The van der Waals surface area contributed by atoms with Gasteiger partial charge in [0.1, 0.15) is 0 Å². The number of hydrogen-bond acceptors (Lipinski definition) is 7. The van der Waals surface area contributed by atoms with Crippen LogP contribution >= 0.6 is 0 Å². The molecule has 158 valence electrons. The topological polar surface area (TPSA) is 117 Å². The molecule has 0 fully saturated rings. The number of nitro groups is 1. The monoisotopic (exact) mass is 414 g/mol. The summed E-state index contributed by atoms with van der Waals surface area (Å²) in [5.41, 5.74) is 1.07. The molecule has 0 radical (unpaired) electrons. The average Bonchev–Trinajstić information content (AvgIpc) is 2.76. The molecule has 0 unspecified atom stereocenters. The van der Waals surface area contributed by atoms with Crippen LogP contribution in [0.4, 0.5) is 5.69 Å². The van der Waals surface area contributed by atoms with Crippen LogP contribution in [0.25, 0.3) is 6.08 Å². The number of benzene rings is 2. The molecule has 1 amide bonds. The third-order valence-electron chi connectivity index (χ3n) is 4.06. The molecule has 0 heterocycles. The second-order valence-electron chi connectivity index (χ2n) is 6.05. The number of hydrogen-bond donors (Lipinski definition) is 1. The SMILES string of the molecule is COc1ccc(CCNC(=O)COC(=O)/C=C/c2ccccc2[N+](=O)[O-])cc1OC. The molecule has 0 aliphatic rings. The van der Waals surface area contributed by atoms with Gasteiger partial charge in [-0.1, -0.05) is 18.2 Å². The number of ether oxygens (including phenoxy) is 3. The first kappa shape index (κ1) is 22.4. The zero-order chi connectivity index (χ0) is 21.9.